The molecule has 0 unspecified atom stereocenters. The molecule has 47 heavy (non-hydrogen) atoms. The summed E-state index contributed by atoms with van der Waals surface area (Å²) in [6, 6.07) is 18.7. The molecule has 0 aliphatic rings. The molecule has 0 spiro atoms. The Bertz CT molecular complexity index is 2000. The number of nitrogens with zero attached hydrogens (tertiary/aromatic N) is 1. The van der Waals surface area contributed by atoms with E-state index in [9.17, 15) is 9.59 Å². The van der Waals surface area contributed by atoms with Crippen LogP contribution in [0, 0.1) is 0 Å². The van der Waals surface area contributed by atoms with Gasteiger partial charge in [-0.05, 0) is 88.2 Å². The Kier molecular flexibility index (Phi) is 9.80. The molecule has 0 fully saturated rings. The van der Waals surface area contributed by atoms with Crippen LogP contribution in [-0.2, 0) is 11.3 Å². The molecule has 5 aromatic rings. The van der Waals surface area contributed by atoms with Gasteiger partial charge >= 0.3 is 5.97 Å². The first-order valence-corrected chi connectivity index (χ1v) is 15.0. The van der Waals surface area contributed by atoms with E-state index in [1.807, 2.05) is 0 Å². The lowest BCUT2D eigenvalue weighted by Crippen LogP contribution is -2.27. The van der Waals surface area contributed by atoms with Gasteiger partial charge in [-0.3, -0.25) is 9.36 Å². The van der Waals surface area contributed by atoms with Crippen molar-refractivity contribution in [3.05, 3.63) is 92.8 Å². The third-order valence-electron chi connectivity index (χ3n) is 7.60. The number of carbonyl (C=O) groups is 1. The molecule has 1 aromatic heterocycles. The average molecular weight is 706 g/mol. The highest BCUT2D eigenvalue weighted by Crippen LogP contribution is 2.44. The van der Waals surface area contributed by atoms with Crippen LogP contribution in [0.2, 0.25) is 0 Å². The summed E-state index contributed by atoms with van der Waals surface area (Å²) in [5, 5.41) is 0.635. The van der Waals surface area contributed by atoms with Gasteiger partial charge in [0.2, 0.25) is 0 Å². The van der Waals surface area contributed by atoms with Crippen LogP contribution in [0.3, 0.4) is 0 Å². The first-order chi connectivity index (χ1) is 22.7. The largest absolute Gasteiger partial charge is 0.497 e. The smallest absolute Gasteiger partial charge is 0.355 e. The van der Waals surface area contributed by atoms with Crippen molar-refractivity contribution in [3.63, 3.8) is 0 Å². The summed E-state index contributed by atoms with van der Waals surface area (Å²) in [4.78, 5) is 28.2. The standard InChI is InChI=1S/C35H33BrN2O9/c1-41-23-11-12-26(42-2)20(13-23)18-47-28-17-25-24(16-27(28)43-3)31(19-14-29(44-4)32(36)30(15-19)45-5)33(35(40)46-6)38(34(25)39)22-9-7-21(37)8-10-22/h7-17H,18,37H2,1-6H3. The van der Waals surface area contributed by atoms with E-state index in [1.54, 1.807) is 80.9 Å². The SMILES string of the molecule is COC(=O)c1c(-c2cc(OC)c(Br)c(OC)c2)c2cc(OC)c(OCc3cc(OC)ccc3OC)cc2c(=O)n1-c1ccc(N)cc1. The fourth-order valence-electron chi connectivity index (χ4n) is 5.29. The first-order valence-electron chi connectivity index (χ1n) is 14.2. The van der Waals surface area contributed by atoms with Crippen LogP contribution in [0.5, 0.6) is 34.5 Å². The van der Waals surface area contributed by atoms with E-state index < -0.39 is 11.5 Å². The molecular weight excluding hydrogens is 672 g/mol. The predicted octanol–water partition coefficient (Wildman–Crippen LogP) is 6.41. The summed E-state index contributed by atoms with van der Waals surface area (Å²) in [5.41, 5.74) is 7.90. The number of anilines is 1. The van der Waals surface area contributed by atoms with Crippen molar-refractivity contribution < 1.29 is 38.0 Å². The summed E-state index contributed by atoms with van der Waals surface area (Å²) >= 11 is 3.51. The lowest BCUT2D eigenvalue weighted by atomic mass is 9.95. The number of carbonyl (C=O) groups excluding carboxylic acids is 1. The number of hydrogen-bond acceptors (Lipinski definition) is 10. The van der Waals surface area contributed by atoms with Gasteiger partial charge in [0.05, 0.1) is 48.0 Å². The minimum absolute atomic E-state index is 0.0296. The number of esters is 1. The molecule has 0 aliphatic carbocycles. The van der Waals surface area contributed by atoms with Crippen molar-refractivity contribution in [1.29, 1.82) is 0 Å². The number of rotatable bonds is 11. The van der Waals surface area contributed by atoms with E-state index in [1.165, 1.54) is 33.0 Å². The van der Waals surface area contributed by atoms with E-state index in [4.69, 9.17) is 38.9 Å². The monoisotopic (exact) mass is 704 g/mol. The number of benzene rings is 4. The minimum atomic E-state index is -0.749. The Morgan fingerprint density at radius 3 is 1.91 bits per heavy atom. The van der Waals surface area contributed by atoms with Gasteiger partial charge in [0.15, 0.2) is 11.5 Å². The van der Waals surface area contributed by atoms with Gasteiger partial charge in [0.1, 0.15) is 39.8 Å². The summed E-state index contributed by atoms with van der Waals surface area (Å²) in [6.45, 7) is 0.0720. The van der Waals surface area contributed by atoms with Crippen molar-refractivity contribution in [2.24, 2.45) is 0 Å². The van der Waals surface area contributed by atoms with Crippen LogP contribution in [-0.4, -0.2) is 53.2 Å². The lowest BCUT2D eigenvalue weighted by Gasteiger charge is -2.21. The third kappa shape index (κ3) is 6.24. The Balaban J connectivity index is 1.86. The fourth-order valence-corrected chi connectivity index (χ4v) is 5.85. The number of nitrogen functional groups attached to an aromatic ring is 1. The van der Waals surface area contributed by atoms with Crippen LogP contribution < -0.4 is 39.7 Å². The Labute approximate surface area is 279 Å². The first kappa shape index (κ1) is 33.0. The molecule has 0 saturated carbocycles. The molecule has 0 bridgehead atoms. The fraction of sp³-hybridized carbons (Fsp3) is 0.200. The van der Waals surface area contributed by atoms with Gasteiger partial charge in [-0.25, -0.2) is 4.79 Å². The number of ether oxygens (including phenoxy) is 7. The Morgan fingerprint density at radius 2 is 1.34 bits per heavy atom. The molecule has 244 valence electrons. The molecule has 0 amide bonds. The molecule has 5 rings (SSSR count). The van der Waals surface area contributed by atoms with E-state index in [-0.39, 0.29) is 23.4 Å². The zero-order valence-electron chi connectivity index (χ0n) is 26.6. The number of aromatic nitrogens is 1. The predicted molar refractivity (Wildman–Crippen MR) is 182 cm³/mol. The number of halogens is 1. The van der Waals surface area contributed by atoms with Crippen molar-refractivity contribution in [3.8, 4) is 51.3 Å². The molecule has 4 aromatic carbocycles. The third-order valence-corrected chi connectivity index (χ3v) is 8.38. The molecular formula is C35H33BrN2O9. The average Bonchev–Trinajstić information content (AvgIpc) is 3.10. The second-order valence-electron chi connectivity index (χ2n) is 10.2. The van der Waals surface area contributed by atoms with E-state index in [0.717, 1.165) is 0 Å². The van der Waals surface area contributed by atoms with E-state index in [2.05, 4.69) is 15.9 Å². The van der Waals surface area contributed by atoms with Crippen LogP contribution in [0.1, 0.15) is 16.1 Å². The van der Waals surface area contributed by atoms with Gasteiger partial charge in [-0.1, -0.05) is 0 Å². The van der Waals surface area contributed by atoms with Crippen molar-refractivity contribution in [1.82, 2.24) is 4.57 Å². The highest BCUT2D eigenvalue weighted by atomic mass is 79.9. The van der Waals surface area contributed by atoms with Gasteiger partial charge in [-0.2, -0.15) is 0 Å². The minimum Gasteiger partial charge on any atom is -0.497 e. The maximum Gasteiger partial charge on any atom is 0.355 e. The molecule has 0 saturated heterocycles. The number of nitrogens with two attached hydrogens (primary N) is 1. The van der Waals surface area contributed by atoms with Crippen molar-refractivity contribution in [2.45, 2.75) is 6.61 Å². The zero-order chi connectivity index (χ0) is 33.8. The van der Waals surface area contributed by atoms with Crippen LogP contribution in [0.15, 0.2) is 76.0 Å². The van der Waals surface area contributed by atoms with Crippen molar-refractivity contribution in [2.75, 3.05) is 48.4 Å². The Morgan fingerprint density at radius 1 is 0.723 bits per heavy atom. The normalized spacial score (nSPS) is 10.8. The molecule has 0 aliphatic heterocycles. The second-order valence-corrected chi connectivity index (χ2v) is 11.0. The quantitative estimate of drug-likeness (QED) is 0.122. The van der Waals surface area contributed by atoms with Gasteiger partial charge in [0, 0.05) is 27.9 Å². The highest BCUT2D eigenvalue weighted by molar-refractivity contribution is 9.10. The molecule has 0 radical (unpaired) electrons. The number of pyridine rings is 1. The lowest BCUT2D eigenvalue weighted by molar-refractivity contribution is 0.0591. The number of fused-ring (bicyclic) bond motifs is 1. The second kappa shape index (κ2) is 14.0. The maximum absolute atomic E-state index is 14.5. The van der Waals surface area contributed by atoms with E-state index in [0.29, 0.717) is 66.7 Å². The summed E-state index contributed by atoms with van der Waals surface area (Å²) in [6.07, 6.45) is 0. The van der Waals surface area contributed by atoms with Crippen molar-refractivity contribution >= 4 is 38.4 Å². The number of hydrogen-bond donors (Lipinski definition) is 1. The van der Waals surface area contributed by atoms with Gasteiger partial charge < -0.3 is 38.9 Å². The molecule has 12 heteroatoms. The molecule has 0 atom stereocenters. The highest BCUT2D eigenvalue weighted by Gasteiger charge is 2.28. The number of methoxy groups -OCH3 is 6. The molecule has 1 heterocycles. The zero-order valence-corrected chi connectivity index (χ0v) is 28.2. The van der Waals surface area contributed by atoms with E-state index >= 15 is 0 Å². The topological polar surface area (TPSA) is 130 Å². The Hall–Kier alpha value is -5.36. The molecule has 2 N–H and O–H groups in total. The molecule has 11 nitrogen and oxygen atoms in total. The van der Waals surface area contributed by atoms with Gasteiger partial charge in [-0.15, -0.1) is 0 Å². The summed E-state index contributed by atoms with van der Waals surface area (Å²) in [7, 11) is 8.91. The van der Waals surface area contributed by atoms with Crippen LogP contribution in [0.4, 0.5) is 5.69 Å². The van der Waals surface area contributed by atoms with Gasteiger partial charge in [0.25, 0.3) is 5.56 Å². The summed E-state index contributed by atoms with van der Waals surface area (Å²) < 4.78 is 41.3. The van der Waals surface area contributed by atoms with Crippen LogP contribution in [0.25, 0.3) is 27.6 Å². The summed E-state index contributed by atoms with van der Waals surface area (Å²) in [5.74, 6) is 1.95. The van der Waals surface area contributed by atoms with Crippen LogP contribution >= 0.6 is 15.9 Å². The maximum atomic E-state index is 14.5.